The van der Waals surface area contributed by atoms with Gasteiger partial charge in [0.1, 0.15) is 5.60 Å². The molecular formula is C12H14ClNO. The fraction of sp³-hybridized carbons (Fsp3) is 0.500. The molecule has 1 spiro atoms. The Bertz CT molecular complexity index is 401. The van der Waals surface area contributed by atoms with Crippen molar-refractivity contribution < 1.29 is 4.74 Å². The van der Waals surface area contributed by atoms with Gasteiger partial charge in [0.05, 0.1) is 6.61 Å². The molecule has 0 unspecified atom stereocenters. The Morgan fingerprint density at radius 3 is 3.00 bits per heavy atom. The van der Waals surface area contributed by atoms with Crippen LogP contribution in [0.5, 0.6) is 0 Å². The van der Waals surface area contributed by atoms with Crippen molar-refractivity contribution in [1.82, 2.24) is 4.90 Å². The summed E-state index contributed by atoms with van der Waals surface area (Å²) in [5.74, 6) is 0. The molecule has 2 aliphatic heterocycles. The highest BCUT2D eigenvalue weighted by molar-refractivity contribution is 6.30. The molecule has 1 aromatic rings. The van der Waals surface area contributed by atoms with E-state index >= 15 is 0 Å². The van der Waals surface area contributed by atoms with Gasteiger partial charge in [-0.15, -0.1) is 0 Å². The van der Waals surface area contributed by atoms with E-state index in [9.17, 15) is 0 Å². The van der Waals surface area contributed by atoms with Crippen molar-refractivity contribution in [2.75, 3.05) is 20.2 Å². The molecular weight excluding hydrogens is 210 g/mol. The second-order valence-electron chi connectivity index (χ2n) is 4.57. The summed E-state index contributed by atoms with van der Waals surface area (Å²) >= 11 is 6.05. The molecule has 1 fully saturated rings. The monoisotopic (exact) mass is 223 g/mol. The highest BCUT2D eigenvalue weighted by Crippen LogP contribution is 2.46. The second-order valence-corrected chi connectivity index (χ2v) is 5.01. The molecule has 0 bridgehead atoms. The SMILES string of the molecule is CN1CC[C@@]2(CO2)c2cc(Cl)ccc2C1. The maximum absolute atomic E-state index is 6.05. The number of hydrogen-bond donors (Lipinski definition) is 0. The first kappa shape index (κ1) is 9.64. The van der Waals surface area contributed by atoms with Gasteiger partial charge in [0.15, 0.2) is 0 Å². The second kappa shape index (κ2) is 3.21. The third kappa shape index (κ3) is 1.57. The molecule has 15 heavy (non-hydrogen) atoms. The molecule has 0 radical (unpaired) electrons. The lowest BCUT2D eigenvalue weighted by Crippen LogP contribution is -2.18. The Kier molecular flexibility index (Phi) is 2.06. The molecule has 0 amide bonds. The van der Waals surface area contributed by atoms with E-state index in [1.54, 1.807) is 0 Å². The molecule has 3 heteroatoms. The van der Waals surface area contributed by atoms with Gasteiger partial charge < -0.3 is 9.64 Å². The van der Waals surface area contributed by atoms with Gasteiger partial charge in [-0.25, -0.2) is 0 Å². The van der Waals surface area contributed by atoms with Gasteiger partial charge in [0.25, 0.3) is 0 Å². The zero-order chi connectivity index (χ0) is 10.5. The summed E-state index contributed by atoms with van der Waals surface area (Å²) in [5.41, 5.74) is 2.65. The molecule has 1 atom stereocenters. The highest BCUT2D eigenvalue weighted by atomic mass is 35.5. The number of epoxide rings is 1. The quantitative estimate of drug-likeness (QED) is 0.628. The minimum absolute atomic E-state index is 0.00894. The van der Waals surface area contributed by atoms with Gasteiger partial charge in [0, 0.05) is 18.1 Å². The number of benzene rings is 1. The molecule has 0 N–H and O–H groups in total. The van der Waals surface area contributed by atoms with E-state index < -0.39 is 0 Å². The Hall–Kier alpha value is -0.570. The minimum atomic E-state index is -0.00894. The van der Waals surface area contributed by atoms with Gasteiger partial charge in [-0.3, -0.25) is 0 Å². The zero-order valence-electron chi connectivity index (χ0n) is 8.79. The molecule has 1 saturated heterocycles. The predicted octanol–water partition coefficient (Wildman–Crippen LogP) is 2.40. The molecule has 0 saturated carbocycles. The normalized spacial score (nSPS) is 30.0. The predicted molar refractivity (Wildman–Crippen MR) is 60.0 cm³/mol. The molecule has 1 aromatic carbocycles. The Labute approximate surface area is 94.8 Å². The van der Waals surface area contributed by atoms with E-state index in [4.69, 9.17) is 16.3 Å². The van der Waals surface area contributed by atoms with Gasteiger partial charge >= 0.3 is 0 Å². The smallest absolute Gasteiger partial charge is 0.118 e. The summed E-state index contributed by atoms with van der Waals surface area (Å²) in [6.45, 7) is 2.94. The van der Waals surface area contributed by atoms with E-state index in [1.807, 2.05) is 6.07 Å². The van der Waals surface area contributed by atoms with E-state index in [-0.39, 0.29) is 5.60 Å². The van der Waals surface area contributed by atoms with Crippen molar-refractivity contribution in [1.29, 1.82) is 0 Å². The number of rotatable bonds is 0. The maximum atomic E-state index is 6.05. The highest BCUT2D eigenvalue weighted by Gasteiger charge is 2.48. The molecule has 0 aliphatic carbocycles. The fourth-order valence-corrected chi connectivity index (χ4v) is 2.55. The van der Waals surface area contributed by atoms with Crippen LogP contribution in [0.4, 0.5) is 0 Å². The Balaban J connectivity index is 2.10. The first-order valence-corrected chi connectivity index (χ1v) is 5.69. The first-order chi connectivity index (χ1) is 7.20. The standard InChI is InChI=1S/C12H14ClNO/c1-14-5-4-12(8-15-12)11-6-10(13)3-2-9(11)7-14/h2-3,6H,4-5,7-8H2,1H3/t12-/m1/s1. The van der Waals surface area contributed by atoms with Crippen LogP contribution in [0.25, 0.3) is 0 Å². The number of nitrogens with zero attached hydrogens (tertiary/aromatic N) is 1. The van der Waals surface area contributed by atoms with Crippen LogP contribution in [0.1, 0.15) is 17.5 Å². The van der Waals surface area contributed by atoms with Gasteiger partial charge in [-0.05, 0) is 36.7 Å². The number of hydrogen-bond acceptors (Lipinski definition) is 2. The van der Waals surface area contributed by atoms with Crippen LogP contribution in [0.15, 0.2) is 18.2 Å². The van der Waals surface area contributed by atoms with E-state index in [0.29, 0.717) is 0 Å². The molecule has 2 nitrogen and oxygen atoms in total. The van der Waals surface area contributed by atoms with Crippen LogP contribution in [0.3, 0.4) is 0 Å². The summed E-state index contributed by atoms with van der Waals surface area (Å²) in [5, 5.41) is 0.813. The minimum Gasteiger partial charge on any atom is -0.364 e. The lowest BCUT2D eigenvalue weighted by atomic mass is 9.93. The Morgan fingerprint density at radius 2 is 2.27 bits per heavy atom. The van der Waals surface area contributed by atoms with Crippen molar-refractivity contribution in [3.63, 3.8) is 0 Å². The third-order valence-electron chi connectivity index (χ3n) is 3.39. The van der Waals surface area contributed by atoms with Crippen molar-refractivity contribution in [3.8, 4) is 0 Å². The van der Waals surface area contributed by atoms with E-state index in [1.165, 1.54) is 11.1 Å². The number of halogens is 1. The van der Waals surface area contributed by atoms with Crippen LogP contribution in [0, 0.1) is 0 Å². The molecule has 2 heterocycles. The van der Waals surface area contributed by atoms with Gasteiger partial charge in [-0.2, -0.15) is 0 Å². The maximum Gasteiger partial charge on any atom is 0.118 e. The zero-order valence-corrected chi connectivity index (χ0v) is 9.55. The number of fused-ring (bicyclic) bond motifs is 2. The summed E-state index contributed by atoms with van der Waals surface area (Å²) in [7, 11) is 2.15. The molecule has 2 aliphatic rings. The fourth-order valence-electron chi connectivity index (χ4n) is 2.37. The van der Waals surface area contributed by atoms with Crippen LogP contribution >= 0.6 is 11.6 Å². The largest absolute Gasteiger partial charge is 0.364 e. The van der Waals surface area contributed by atoms with Crippen LogP contribution in [-0.4, -0.2) is 25.1 Å². The lowest BCUT2D eigenvalue weighted by molar-refractivity contribution is 0.258. The average molecular weight is 224 g/mol. The van der Waals surface area contributed by atoms with E-state index in [2.05, 4.69) is 24.1 Å². The van der Waals surface area contributed by atoms with Crippen LogP contribution < -0.4 is 0 Å². The van der Waals surface area contributed by atoms with Crippen molar-refractivity contribution in [2.45, 2.75) is 18.6 Å². The summed E-state index contributed by atoms with van der Waals surface area (Å²) in [4.78, 5) is 2.34. The Morgan fingerprint density at radius 1 is 1.47 bits per heavy atom. The summed E-state index contributed by atoms with van der Waals surface area (Å²) < 4.78 is 5.66. The molecule has 0 aromatic heterocycles. The van der Waals surface area contributed by atoms with E-state index in [0.717, 1.165) is 31.1 Å². The summed E-state index contributed by atoms with van der Waals surface area (Å²) in [6.07, 6.45) is 1.08. The molecule has 3 rings (SSSR count). The van der Waals surface area contributed by atoms with Crippen LogP contribution in [0.2, 0.25) is 5.02 Å². The summed E-state index contributed by atoms with van der Waals surface area (Å²) in [6, 6.07) is 6.17. The van der Waals surface area contributed by atoms with Crippen LogP contribution in [-0.2, 0) is 16.9 Å². The van der Waals surface area contributed by atoms with Crippen molar-refractivity contribution in [3.05, 3.63) is 34.3 Å². The lowest BCUT2D eigenvalue weighted by Gasteiger charge is -2.12. The van der Waals surface area contributed by atoms with Crippen molar-refractivity contribution >= 4 is 11.6 Å². The third-order valence-corrected chi connectivity index (χ3v) is 3.63. The average Bonchev–Trinajstić information content (AvgIpc) is 2.99. The first-order valence-electron chi connectivity index (χ1n) is 5.31. The molecule has 80 valence electrons. The topological polar surface area (TPSA) is 15.8 Å². The van der Waals surface area contributed by atoms with Gasteiger partial charge in [-0.1, -0.05) is 17.7 Å². The van der Waals surface area contributed by atoms with Crippen molar-refractivity contribution in [2.24, 2.45) is 0 Å². The number of ether oxygens (including phenoxy) is 1. The van der Waals surface area contributed by atoms with Gasteiger partial charge in [0.2, 0.25) is 0 Å².